The molecule has 0 radical (unpaired) electrons. The van der Waals surface area contributed by atoms with E-state index in [-0.39, 0.29) is 0 Å². The normalized spacial score (nSPS) is 10.2. The summed E-state index contributed by atoms with van der Waals surface area (Å²) in [6.07, 6.45) is 0. The molecule has 0 saturated heterocycles. The molecule has 0 fully saturated rings. The topological polar surface area (TPSA) is 24.1 Å². The van der Waals surface area contributed by atoms with E-state index in [1.165, 1.54) is 0 Å². The highest BCUT2D eigenvalue weighted by Crippen LogP contribution is 2.22. The van der Waals surface area contributed by atoms with Crippen molar-refractivity contribution < 1.29 is 0 Å². The highest BCUT2D eigenvalue weighted by molar-refractivity contribution is 7.80. The molecule has 2 aromatic rings. The van der Waals surface area contributed by atoms with Crippen LogP contribution in [0.2, 0.25) is 10.0 Å². The Morgan fingerprint density at radius 2 is 1.25 bits per heavy atom. The molecule has 0 spiro atoms. The summed E-state index contributed by atoms with van der Waals surface area (Å²) in [5.41, 5.74) is 3.93. The van der Waals surface area contributed by atoms with E-state index in [0.717, 1.165) is 22.5 Å². The number of halogens is 2. The van der Waals surface area contributed by atoms with Gasteiger partial charge >= 0.3 is 0 Å². The smallest absolute Gasteiger partial charge is 0.175 e. The summed E-state index contributed by atoms with van der Waals surface area (Å²) in [7, 11) is 0. The Bertz CT molecular complexity index is 601. The molecule has 0 atom stereocenters. The zero-order valence-electron chi connectivity index (χ0n) is 11.1. The predicted octanol–water partition coefficient (Wildman–Crippen LogP) is 5.42. The summed E-state index contributed by atoms with van der Waals surface area (Å²) in [5.74, 6) is 0. The third-order valence-electron chi connectivity index (χ3n) is 2.87. The lowest BCUT2D eigenvalue weighted by atomic mass is 10.2. The van der Waals surface area contributed by atoms with Crippen molar-refractivity contribution in [2.75, 3.05) is 10.6 Å². The Hall–Kier alpha value is -1.29. The van der Waals surface area contributed by atoms with Gasteiger partial charge in [0.05, 0.1) is 0 Å². The maximum absolute atomic E-state index is 5.93. The second-order valence-corrected chi connectivity index (χ2v) is 5.78. The molecule has 2 aromatic carbocycles. The average molecular weight is 325 g/mol. The molecule has 2 N–H and O–H groups in total. The van der Waals surface area contributed by atoms with Gasteiger partial charge in [0.1, 0.15) is 0 Å². The van der Waals surface area contributed by atoms with Crippen LogP contribution in [0.15, 0.2) is 36.4 Å². The summed E-state index contributed by atoms with van der Waals surface area (Å²) in [5, 5.41) is 8.26. The van der Waals surface area contributed by atoms with E-state index in [2.05, 4.69) is 10.6 Å². The first-order chi connectivity index (χ1) is 9.45. The summed E-state index contributed by atoms with van der Waals surface area (Å²) in [6.45, 7) is 3.95. The summed E-state index contributed by atoms with van der Waals surface area (Å²) in [4.78, 5) is 0. The van der Waals surface area contributed by atoms with Crippen LogP contribution in [-0.2, 0) is 0 Å². The van der Waals surface area contributed by atoms with Crippen molar-refractivity contribution in [3.05, 3.63) is 57.6 Å². The highest BCUT2D eigenvalue weighted by atomic mass is 35.5. The molecule has 0 aromatic heterocycles. The van der Waals surface area contributed by atoms with Crippen LogP contribution in [0.25, 0.3) is 0 Å². The van der Waals surface area contributed by atoms with Gasteiger partial charge in [-0.05, 0) is 73.6 Å². The lowest BCUT2D eigenvalue weighted by Crippen LogP contribution is -2.20. The van der Waals surface area contributed by atoms with Crippen LogP contribution < -0.4 is 10.6 Å². The summed E-state index contributed by atoms with van der Waals surface area (Å²) < 4.78 is 0. The molecule has 5 heteroatoms. The zero-order valence-corrected chi connectivity index (χ0v) is 13.5. The number of rotatable bonds is 2. The minimum absolute atomic E-state index is 0.529. The quantitative estimate of drug-likeness (QED) is 0.721. The van der Waals surface area contributed by atoms with Crippen LogP contribution in [0.1, 0.15) is 11.1 Å². The number of hydrogen-bond acceptors (Lipinski definition) is 1. The second kappa shape index (κ2) is 6.44. The fraction of sp³-hybridized carbons (Fsp3) is 0.133. The van der Waals surface area contributed by atoms with E-state index in [0.29, 0.717) is 15.2 Å². The van der Waals surface area contributed by atoms with Gasteiger partial charge in [0.15, 0.2) is 5.11 Å². The van der Waals surface area contributed by atoms with Gasteiger partial charge in [-0.1, -0.05) is 23.2 Å². The van der Waals surface area contributed by atoms with Crippen LogP contribution in [-0.4, -0.2) is 5.11 Å². The highest BCUT2D eigenvalue weighted by Gasteiger charge is 2.04. The van der Waals surface area contributed by atoms with Crippen LogP contribution in [0.3, 0.4) is 0 Å². The van der Waals surface area contributed by atoms with Crippen LogP contribution >= 0.6 is 35.4 Å². The average Bonchev–Trinajstić information content (AvgIpc) is 2.36. The van der Waals surface area contributed by atoms with Crippen LogP contribution in [0.5, 0.6) is 0 Å². The Balaban J connectivity index is 2.09. The molecule has 2 rings (SSSR count). The van der Waals surface area contributed by atoms with Gasteiger partial charge in [0.2, 0.25) is 0 Å². The third kappa shape index (κ3) is 3.85. The van der Waals surface area contributed by atoms with Gasteiger partial charge in [-0.2, -0.15) is 0 Å². The Morgan fingerprint density at radius 3 is 1.60 bits per heavy atom. The first-order valence-electron chi connectivity index (χ1n) is 6.06. The van der Waals surface area contributed by atoms with Crippen molar-refractivity contribution in [3.8, 4) is 0 Å². The lowest BCUT2D eigenvalue weighted by Gasteiger charge is -2.14. The molecule has 20 heavy (non-hydrogen) atoms. The minimum atomic E-state index is 0.529. The maximum atomic E-state index is 5.93. The third-order valence-corrected chi connectivity index (χ3v) is 3.55. The summed E-state index contributed by atoms with van der Waals surface area (Å²) >= 11 is 17.2. The fourth-order valence-electron chi connectivity index (χ4n) is 1.81. The first-order valence-corrected chi connectivity index (χ1v) is 7.22. The molecule has 0 aliphatic heterocycles. The van der Waals surface area contributed by atoms with Gasteiger partial charge < -0.3 is 10.6 Å². The maximum Gasteiger partial charge on any atom is 0.175 e. The van der Waals surface area contributed by atoms with E-state index in [1.54, 1.807) is 0 Å². The Morgan fingerprint density at radius 1 is 0.850 bits per heavy atom. The molecule has 104 valence electrons. The van der Waals surface area contributed by atoms with Crippen LogP contribution in [0.4, 0.5) is 11.4 Å². The number of anilines is 2. The number of benzene rings is 2. The fourth-order valence-corrected chi connectivity index (χ4v) is 2.48. The number of hydrogen-bond donors (Lipinski definition) is 2. The predicted molar refractivity (Wildman–Crippen MR) is 92.2 cm³/mol. The largest absolute Gasteiger partial charge is 0.332 e. The van der Waals surface area contributed by atoms with E-state index in [1.807, 2.05) is 50.2 Å². The van der Waals surface area contributed by atoms with Crippen molar-refractivity contribution in [1.82, 2.24) is 0 Å². The monoisotopic (exact) mass is 324 g/mol. The van der Waals surface area contributed by atoms with Crippen molar-refractivity contribution in [2.45, 2.75) is 13.8 Å². The van der Waals surface area contributed by atoms with E-state index in [9.17, 15) is 0 Å². The van der Waals surface area contributed by atoms with Crippen molar-refractivity contribution in [1.29, 1.82) is 0 Å². The van der Waals surface area contributed by atoms with Gasteiger partial charge in [0, 0.05) is 21.4 Å². The molecule has 0 aliphatic rings. The van der Waals surface area contributed by atoms with Gasteiger partial charge in [-0.15, -0.1) is 0 Å². The van der Waals surface area contributed by atoms with E-state index < -0.39 is 0 Å². The molecule has 0 bridgehead atoms. The van der Waals surface area contributed by atoms with Gasteiger partial charge in [-0.3, -0.25) is 0 Å². The molecule has 2 nitrogen and oxygen atoms in total. The standard InChI is InChI=1S/C15H14Cl2N2S/c1-9-7-11(16)3-5-13(9)18-15(20)19-14-6-4-12(17)8-10(14)2/h3-8H,1-2H3,(H2,18,19,20). The molecule has 0 amide bonds. The Labute approximate surface area is 134 Å². The molecule has 0 heterocycles. The van der Waals surface area contributed by atoms with Crippen molar-refractivity contribution >= 4 is 51.9 Å². The molecular formula is C15H14Cl2N2S. The van der Waals surface area contributed by atoms with Crippen molar-refractivity contribution in [2.24, 2.45) is 0 Å². The van der Waals surface area contributed by atoms with E-state index in [4.69, 9.17) is 35.4 Å². The van der Waals surface area contributed by atoms with Gasteiger partial charge in [-0.25, -0.2) is 0 Å². The lowest BCUT2D eigenvalue weighted by molar-refractivity contribution is 1.44. The van der Waals surface area contributed by atoms with Crippen molar-refractivity contribution in [3.63, 3.8) is 0 Å². The van der Waals surface area contributed by atoms with Gasteiger partial charge in [0.25, 0.3) is 0 Å². The number of aryl methyl sites for hydroxylation is 2. The molecular weight excluding hydrogens is 311 g/mol. The molecule has 0 aliphatic carbocycles. The first kappa shape index (κ1) is 15.1. The molecule has 0 unspecified atom stereocenters. The number of nitrogens with one attached hydrogen (secondary N) is 2. The van der Waals surface area contributed by atoms with E-state index >= 15 is 0 Å². The molecule has 0 saturated carbocycles. The number of thiocarbonyl (C=S) groups is 1. The zero-order chi connectivity index (χ0) is 14.7. The second-order valence-electron chi connectivity index (χ2n) is 4.50. The van der Waals surface area contributed by atoms with Crippen LogP contribution in [0, 0.1) is 13.8 Å². The summed E-state index contributed by atoms with van der Waals surface area (Å²) in [6, 6.07) is 11.2. The minimum Gasteiger partial charge on any atom is -0.332 e. The SMILES string of the molecule is Cc1cc(Cl)ccc1NC(=S)Nc1ccc(Cl)cc1C. The Kier molecular flexibility index (Phi) is 4.86.